The second-order valence-electron chi connectivity index (χ2n) is 6.82. The van der Waals surface area contributed by atoms with Gasteiger partial charge in [-0.25, -0.2) is 13.8 Å². The van der Waals surface area contributed by atoms with E-state index in [1.165, 1.54) is 18.3 Å². The number of carbonyl (C=O) groups excluding carboxylic acids is 1. The van der Waals surface area contributed by atoms with Gasteiger partial charge in [0.25, 0.3) is 15.9 Å². The molecule has 3 aromatic rings. The van der Waals surface area contributed by atoms with Crippen molar-refractivity contribution in [1.82, 2.24) is 5.43 Å². The van der Waals surface area contributed by atoms with Crippen LogP contribution in [0.2, 0.25) is 0 Å². The summed E-state index contributed by atoms with van der Waals surface area (Å²) >= 11 is 5.55. The molecule has 0 bridgehead atoms. The third-order valence-corrected chi connectivity index (χ3v) is 7.81. The standard InChI is InChI=1S/C22H17BrIN3O5S/c23-19-11-21-20(31-14-32-21)10-15(19)12-25-26-22(28)13-27(17-8-6-16(24)7-9-17)33(29,30)18-4-2-1-3-5-18/h1-12H,13-14H2,(H,26,28)/b25-12-. The van der Waals surface area contributed by atoms with Crippen LogP contribution in [0.25, 0.3) is 0 Å². The Kier molecular flexibility index (Phi) is 7.20. The highest BCUT2D eigenvalue weighted by atomic mass is 127. The van der Waals surface area contributed by atoms with Gasteiger partial charge in [-0.1, -0.05) is 18.2 Å². The van der Waals surface area contributed by atoms with Gasteiger partial charge in [0, 0.05) is 13.6 Å². The van der Waals surface area contributed by atoms with E-state index in [4.69, 9.17) is 9.47 Å². The van der Waals surface area contributed by atoms with E-state index in [1.54, 1.807) is 54.6 Å². The largest absolute Gasteiger partial charge is 0.454 e. The lowest BCUT2D eigenvalue weighted by molar-refractivity contribution is -0.119. The van der Waals surface area contributed by atoms with Gasteiger partial charge < -0.3 is 9.47 Å². The summed E-state index contributed by atoms with van der Waals surface area (Å²) in [6.07, 6.45) is 1.44. The Balaban J connectivity index is 1.53. The summed E-state index contributed by atoms with van der Waals surface area (Å²) < 4.78 is 39.9. The molecule has 1 aliphatic rings. The van der Waals surface area contributed by atoms with Gasteiger partial charge in [-0.15, -0.1) is 0 Å². The topological polar surface area (TPSA) is 97.3 Å². The number of anilines is 1. The zero-order valence-corrected chi connectivity index (χ0v) is 21.5. The Hall–Kier alpha value is -2.64. The highest BCUT2D eigenvalue weighted by Crippen LogP contribution is 2.36. The quantitative estimate of drug-likeness (QED) is 0.238. The van der Waals surface area contributed by atoms with E-state index in [-0.39, 0.29) is 11.7 Å². The number of benzene rings is 3. The van der Waals surface area contributed by atoms with Gasteiger partial charge in [0.05, 0.1) is 16.8 Å². The number of hydrogen-bond acceptors (Lipinski definition) is 6. The molecule has 0 aliphatic carbocycles. The molecule has 0 saturated carbocycles. The highest BCUT2D eigenvalue weighted by molar-refractivity contribution is 14.1. The molecule has 1 N–H and O–H groups in total. The molecule has 170 valence electrons. The van der Waals surface area contributed by atoms with Crippen LogP contribution in [0.3, 0.4) is 0 Å². The number of fused-ring (bicyclic) bond motifs is 1. The average molecular weight is 642 g/mol. The van der Waals surface area contributed by atoms with Crippen molar-refractivity contribution < 1.29 is 22.7 Å². The van der Waals surface area contributed by atoms with E-state index in [0.29, 0.717) is 27.2 Å². The van der Waals surface area contributed by atoms with E-state index in [2.05, 4.69) is 49.0 Å². The molecule has 0 aromatic heterocycles. The van der Waals surface area contributed by atoms with Crippen LogP contribution in [-0.2, 0) is 14.8 Å². The molecular weight excluding hydrogens is 625 g/mol. The van der Waals surface area contributed by atoms with Crippen LogP contribution in [0.1, 0.15) is 5.56 Å². The zero-order valence-electron chi connectivity index (χ0n) is 16.9. The number of carbonyl (C=O) groups is 1. The zero-order chi connectivity index (χ0) is 23.4. The van der Waals surface area contributed by atoms with Crippen molar-refractivity contribution in [1.29, 1.82) is 0 Å². The number of nitrogens with one attached hydrogen (secondary N) is 1. The second-order valence-corrected chi connectivity index (χ2v) is 10.8. The normalized spacial score (nSPS) is 12.7. The Morgan fingerprint density at radius 1 is 1.09 bits per heavy atom. The summed E-state index contributed by atoms with van der Waals surface area (Å²) in [6, 6.07) is 18.3. The minimum absolute atomic E-state index is 0.0872. The summed E-state index contributed by atoms with van der Waals surface area (Å²) in [5.74, 6) is 0.591. The van der Waals surface area contributed by atoms with Crippen molar-refractivity contribution in [2.75, 3.05) is 17.6 Å². The van der Waals surface area contributed by atoms with Gasteiger partial charge in [-0.05, 0) is 87.1 Å². The monoisotopic (exact) mass is 641 g/mol. The maximum Gasteiger partial charge on any atom is 0.264 e. The van der Waals surface area contributed by atoms with Crippen LogP contribution in [-0.4, -0.2) is 33.9 Å². The predicted molar refractivity (Wildman–Crippen MR) is 136 cm³/mol. The van der Waals surface area contributed by atoms with Crippen molar-refractivity contribution in [3.63, 3.8) is 0 Å². The van der Waals surface area contributed by atoms with Gasteiger partial charge in [-0.3, -0.25) is 9.10 Å². The molecule has 8 nitrogen and oxygen atoms in total. The van der Waals surface area contributed by atoms with Gasteiger partial charge >= 0.3 is 0 Å². The van der Waals surface area contributed by atoms with E-state index < -0.39 is 22.5 Å². The van der Waals surface area contributed by atoms with Crippen LogP contribution in [0.15, 0.2) is 81.2 Å². The van der Waals surface area contributed by atoms with Gasteiger partial charge in [0.15, 0.2) is 11.5 Å². The Bertz CT molecular complexity index is 1300. The molecule has 1 amide bonds. The lowest BCUT2D eigenvalue weighted by Crippen LogP contribution is -2.39. The van der Waals surface area contributed by atoms with Crippen molar-refractivity contribution in [2.45, 2.75) is 4.90 Å². The summed E-state index contributed by atoms with van der Waals surface area (Å²) in [5.41, 5.74) is 3.42. The number of halogens is 2. The number of rotatable bonds is 7. The first-order chi connectivity index (χ1) is 15.8. The number of hydrazone groups is 1. The molecule has 3 aromatic carbocycles. The average Bonchev–Trinajstić information content (AvgIpc) is 3.26. The van der Waals surface area contributed by atoms with Crippen molar-refractivity contribution in [3.05, 3.63) is 80.3 Å². The molecule has 11 heteroatoms. The molecule has 0 unspecified atom stereocenters. The number of nitrogens with zero attached hydrogens (tertiary/aromatic N) is 2. The van der Waals surface area contributed by atoms with Gasteiger partial charge in [-0.2, -0.15) is 5.10 Å². The van der Waals surface area contributed by atoms with Crippen LogP contribution < -0.4 is 19.2 Å². The third-order valence-electron chi connectivity index (χ3n) is 4.62. The van der Waals surface area contributed by atoms with E-state index in [1.807, 2.05) is 0 Å². The first-order valence-electron chi connectivity index (χ1n) is 9.59. The fourth-order valence-electron chi connectivity index (χ4n) is 3.01. The van der Waals surface area contributed by atoms with Crippen molar-refractivity contribution in [2.24, 2.45) is 5.10 Å². The summed E-state index contributed by atoms with van der Waals surface area (Å²) in [6.45, 7) is -0.305. The summed E-state index contributed by atoms with van der Waals surface area (Å²) in [7, 11) is -3.97. The molecule has 0 radical (unpaired) electrons. The first kappa shape index (κ1) is 23.5. The lowest BCUT2D eigenvalue weighted by Gasteiger charge is -2.23. The Labute approximate surface area is 212 Å². The molecule has 0 fully saturated rings. The fourth-order valence-corrected chi connectivity index (χ4v) is 5.24. The molecule has 33 heavy (non-hydrogen) atoms. The number of sulfonamides is 1. The molecule has 0 spiro atoms. The second kappa shape index (κ2) is 10.1. The summed E-state index contributed by atoms with van der Waals surface area (Å²) in [4.78, 5) is 12.7. The maximum atomic E-state index is 13.3. The van der Waals surface area contributed by atoms with Crippen molar-refractivity contribution >= 4 is 66.4 Å². The predicted octanol–water partition coefficient (Wildman–Crippen LogP) is 4.13. The molecule has 0 atom stereocenters. The molecule has 1 aliphatic heterocycles. The van der Waals surface area contributed by atoms with E-state index >= 15 is 0 Å². The van der Waals surface area contributed by atoms with E-state index in [9.17, 15) is 13.2 Å². The molecule has 1 heterocycles. The molecule has 0 saturated heterocycles. The fraction of sp³-hybridized carbons (Fsp3) is 0.0909. The number of hydrogen-bond donors (Lipinski definition) is 1. The molecular formula is C22H17BrIN3O5S. The minimum atomic E-state index is -3.97. The first-order valence-corrected chi connectivity index (χ1v) is 12.9. The van der Waals surface area contributed by atoms with Gasteiger partial charge in [0.2, 0.25) is 6.79 Å². The smallest absolute Gasteiger partial charge is 0.264 e. The minimum Gasteiger partial charge on any atom is -0.454 e. The van der Waals surface area contributed by atoms with Crippen LogP contribution in [0.4, 0.5) is 5.69 Å². The van der Waals surface area contributed by atoms with E-state index in [0.717, 1.165) is 7.88 Å². The highest BCUT2D eigenvalue weighted by Gasteiger charge is 2.27. The SMILES string of the molecule is O=C(CN(c1ccc(I)cc1)S(=O)(=O)c1ccccc1)N/N=C\c1cc2c(cc1Br)OCO2. The third kappa shape index (κ3) is 5.47. The Morgan fingerprint density at radius 3 is 2.45 bits per heavy atom. The Morgan fingerprint density at radius 2 is 1.76 bits per heavy atom. The van der Waals surface area contributed by atoms with Crippen LogP contribution in [0, 0.1) is 3.57 Å². The lowest BCUT2D eigenvalue weighted by atomic mass is 10.2. The number of ether oxygens (including phenoxy) is 2. The van der Waals surface area contributed by atoms with Crippen molar-refractivity contribution in [3.8, 4) is 11.5 Å². The number of amides is 1. The molecule has 4 rings (SSSR count). The summed E-state index contributed by atoms with van der Waals surface area (Å²) in [5, 5.41) is 3.97. The van der Waals surface area contributed by atoms with Crippen LogP contribution >= 0.6 is 38.5 Å². The maximum absolute atomic E-state index is 13.3. The van der Waals surface area contributed by atoms with Crippen LogP contribution in [0.5, 0.6) is 11.5 Å². The van der Waals surface area contributed by atoms with Gasteiger partial charge in [0.1, 0.15) is 6.54 Å².